The molecule has 0 aliphatic heterocycles. The summed E-state index contributed by atoms with van der Waals surface area (Å²) in [6.45, 7) is 4.24. The lowest BCUT2D eigenvalue weighted by Gasteiger charge is -2.20. The summed E-state index contributed by atoms with van der Waals surface area (Å²) in [6.07, 6.45) is 0.776. The molecule has 0 heterocycles. The summed E-state index contributed by atoms with van der Waals surface area (Å²) in [6, 6.07) is -0.140. The molecule has 0 rings (SSSR count). The average Bonchev–Trinajstić information content (AvgIpc) is 2.02. The van der Waals surface area contributed by atoms with Crippen molar-refractivity contribution in [3.05, 3.63) is 0 Å². The molecule has 0 unspecified atom stereocenters. The molecular formula is C8H23NO2. The lowest BCUT2D eigenvalue weighted by atomic mass is 9.91. The molecule has 11 heavy (non-hydrogen) atoms. The molecule has 72 valence electrons. The minimum Gasteiger partial charge on any atom is -0.396 e. The van der Waals surface area contributed by atoms with Gasteiger partial charge in [0.15, 0.2) is 0 Å². The molecule has 0 aliphatic rings. The Morgan fingerprint density at radius 1 is 1.18 bits per heavy atom. The van der Waals surface area contributed by atoms with Crippen LogP contribution in [-0.2, 0) is 0 Å². The standard InChI is InChI=1S/C8H19NO2.2H2/c1-6(7(2)4-10)3-8(9)5-11;;/h6-8,10-11H,3-5,9H2,1-2H3;2*1H/t6-,7-,8+;;/m0../s1. The SMILES string of the molecule is C[C@@H](CO)[C@@H](C)C[C@@H](N)CO.[HH].[HH]. The van der Waals surface area contributed by atoms with Crippen molar-refractivity contribution in [3.8, 4) is 0 Å². The highest BCUT2D eigenvalue weighted by molar-refractivity contribution is 4.68. The molecule has 0 bridgehead atoms. The van der Waals surface area contributed by atoms with E-state index in [2.05, 4.69) is 0 Å². The predicted octanol–water partition coefficient (Wildman–Crippen LogP) is 0.453. The van der Waals surface area contributed by atoms with Crippen molar-refractivity contribution in [2.24, 2.45) is 17.6 Å². The van der Waals surface area contributed by atoms with Crippen LogP contribution in [0.25, 0.3) is 0 Å². The zero-order valence-corrected chi connectivity index (χ0v) is 7.33. The van der Waals surface area contributed by atoms with Crippen molar-refractivity contribution in [1.82, 2.24) is 0 Å². The maximum atomic E-state index is 8.79. The van der Waals surface area contributed by atoms with Crippen LogP contribution in [0.2, 0.25) is 0 Å². The Morgan fingerprint density at radius 3 is 2.09 bits per heavy atom. The third-order valence-corrected chi connectivity index (χ3v) is 2.17. The molecule has 0 fully saturated rings. The maximum Gasteiger partial charge on any atom is 0.0582 e. The highest BCUT2D eigenvalue weighted by Crippen LogP contribution is 2.15. The van der Waals surface area contributed by atoms with E-state index in [4.69, 9.17) is 15.9 Å². The zero-order chi connectivity index (χ0) is 8.85. The second-order valence-electron chi connectivity index (χ2n) is 3.32. The van der Waals surface area contributed by atoms with Gasteiger partial charge < -0.3 is 15.9 Å². The van der Waals surface area contributed by atoms with Crippen molar-refractivity contribution in [2.45, 2.75) is 26.3 Å². The van der Waals surface area contributed by atoms with E-state index >= 15 is 0 Å². The molecule has 0 amide bonds. The lowest BCUT2D eigenvalue weighted by molar-refractivity contribution is 0.173. The first-order valence-corrected chi connectivity index (χ1v) is 4.09. The molecule has 0 radical (unpaired) electrons. The number of nitrogens with two attached hydrogens (primary N) is 1. The summed E-state index contributed by atoms with van der Waals surface area (Å²) >= 11 is 0. The Labute approximate surface area is 71.2 Å². The number of hydrogen-bond acceptors (Lipinski definition) is 3. The van der Waals surface area contributed by atoms with Gasteiger partial charge in [0.2, 0.25) is 0 Å². The maximum absolute atomic E-state index is 8.79. The van der Waals surface area contributed by atoms with E-state index in [9.17, 15) is 0 Å². The van der Waals surface area contributed by atoms with Crippen LogP contribution in [0.15, 0.2) is 0 Å². The van der Waals surface area contributed by atoms with Crippen molar-refractivity contribution in [2.75, 3.05) is 13.2 Å². The van der Waals surface area contributed by atoms with Gasteiger partial charge >= 0.3 is 0 Å². The van der Waals surface area contributed by atoms with Gasteiger partial charge in [-0.05, 0) is 18.3 Å². The van der Waals surface area contributed by atoms with Crippen LogP contribution < -0.4 is 5.73 Å². The fraction of sp³-hybridized carbons (Fsp3) is 1.00. The zero-order valence-electron chi connectivity index (χ0n) is 7.33. The van der Waals surface area contributed by atoms with Crippen LogP contribution in [-0.4, -0.2) is 29.5 Å². The fourth-order valence-electron chi connectivity index (χ4n) is 0.964. The van der Waals surface area contributed by atoms with Gasteiger partial charge in [0.1, 0.15) is 0 Å². The quantitative estimate of drug-likeness (QED) is 0.554. The molecule has 3 atom stereocenters. The summed E-state index contributed by atoms with van der Waals surface area (Å²) in [4.78, 5) is 0. The number of hydrogen-bond donors (Lipinski definition) is 3. The third kappa shape index (κ3) is 4.35. The highest BCUT2D eigenvalue weighted by atomic mass is 16.3. The van der Waals surface area contributed by atoms with Gasteiger partial charge in [-0.25, -0.2) is 0 Å². The van der Waals surface area contributed by atoms with Crippen LogP contribution in [0.1, 0.15) is 23.1 Å². The lowest BCUT2D eigenvalue weighted by Crippen LogP contribution is -2.29. The summed E-state index contributed by atoms with van der Waals surface area (Å²) in [5.74, 6) is 0.648. The normalized spacial score (nSPS) is 19.4. The summed E-state index contributed by atoms with van der Waals surface area (Å²) in [5.41, 5.74) is 5.53. The molecule has 3 heteroatoms. The van der Waals surface area contributed by atoms with E-state index in [1.807, 2.05) is 13.8 Å². The number of aliphatic hydroxyl groups excluding tert-OH is 2. The minimum absolute atomic E-state index is 0. The monoisotopic (exact) mass is 165 g/mol. The van der Waals surface area contributed by atoms with E-state index in [0.29, 0.717) is 5.92 Å². The van der Waals surface area contributed by atoms with Gasteiger partial charge in [-0.15, -0.1) is 0 Å². The number of aliphatic hydroxyl groups is 2. The average molecular weight is 165 g/mol. The first-order valence-electron chi connectivity index (χ1n) is 4.09. The van der Waals surface area contributed by atoms with E-state index < -0.39 is 0 Å². The second kappa shape index (κ2) is 5.52. The Kier molecular flexibility index (Phi) is 5.46. The van der Waals surface area contributed by atoms with E-state index in [1.54, 1.807) is 0 Å². The Morgan fingerprint density at radius 2 is 1.73 bits per heavy atom. The van der Waals surface area contributed by atoms with E-state index in [1.165, 1.54) is 0 Å². The Hall–Kier alpha value is -0.120. The highest BCUT2D eigenvalue weighted by Gasteiger charge is 2.13. The molecule has 0 saturated carbocycles. The Balaban J connectivity index is -0.000000500. The summed E-state index contributed by atoms with van der Waals surface area (Å²) < 4.78 is 0. The van der Waals surface area contributed by atoms with Crippen LogP contribution in [0, 0.1) is 11.8 Å². The molecule has 3 nitrogen and oxygen atoms in total. The smallest absolute Gasteiger partial charge is 0.0582 e. The van der Waals surface area contributed by atoms with E-state index in [0.717, 1.165) is 6.42 Å². The molecule has 0 aliphatic carbocycles. The van der Waals surface area contributed by atoms with Gasteiger partial charge in [0.05, 0.1) is 6.61 Å². The Bertz CT molecular complexity index is 106. The third-order valence-electron chi connectivity index (χ3n) is 2.17. The van der Waals surface area contributed by atoms with Gasteiger partial charge in [0.25, 0.3) is 0 Å². The molecule has 0 spiro atoms. The van der Waals surface area contributed by atoms with Crippen molar-refractivity contribution >= 4 is 0 Å². The van der Waals surface area contributed by atoms with Gasteiger partial charge in [-0.3, -0.25) is 0 Å². The minimum atomic E-state index is -0.140. The summed E-state index contributed by atoms with van der Waals surface area (Å²) in [5, 5.41) is 17.4. The van der Waals surface area contributed by atoms with Crippen molar-refractivity contribution in [3.63, 3.8) is 0 Å². The van der Waals surface area contributed by atoms with Crippen LogP contribution in [0.5, 0.6) is 0 Å². The van der Waals surface area contributed by atoms with E-state index in [-0.39, 0.29) is 28.0 Å². The molecule has 0 aromatic heterocycles. The predicted molar refractivity (Wildman–Crippen MR) is 49.3 cm³/mol. The van der Waals surface area contributed by atoms with Crippen molar-refractivity contribution in [1.29, 1.82) is 0 Å². The molecule has 0 aromatic carbocycles. The number of rotatable bonds is 5. The molecule has 0 saturated heterocycles. The first-order chi connectivity index (χ1) is 5.11. The van der Waals surface area contributed by atoms with Crippen LogP contribution >= 0.6 is 0 Å². The van der Waals surface area contributed by atoms with Gasteiger partial charge in [-0.2, -0.15) is 0 Å². The van der Waals surface area contributed by atoms with Gasteiger partial charge in [0, 0.05) is 15.5 Å². The molecule has 0 aromatic rings. The molecule has 4 N–H and O–H groups in total. The molecular weight excluding hydrogens is 142 g/mol. The summed E-state index contributed by atoms with van der Waals surface area (Å²) in [7, 11) is 0. The fourth-order valence-corrected chi connectivity index (χ4v) is 0.964. The largest absolute Gasteiger partial charge is 0.396 e. The second-order valence-corrected chi connectivity index (χ2v) is 3.32. The van der Waals surface area contributed by atoms with Crippen LogP contribution in [0.3, 0.4) is 0 Å². The first kappa shape index (κ1) is 10.9. The van der Waals surface area contributed by atoms with Gasteiger partial charge in [-0.1, -0.05) is 13.8 Å². The topological polar surface area (TPSA) is 66.5 Å². The van der Waals surface area contributed by atoms with Crippen LogP contribution in [0.4, 0.5) is 0 Å². The van der Waals surface area contributed by atoms with Crippen molar-refractivity contribution < 1.29 is 13.1 Å².